The minimum absolute atomic E-state index is 0.00724. The summed E-state index contributed by atoms with van der Waals surface area (Å²) in [6.45, 7) is 6.45. The van der Waals surface area contributed by atoms with Crippen LogP contribution in [0.25, 0.3) is 0 Å². The van der Waals surface area contributed by atoms with Gasteiger partial charge >= 0.3 is 18.0 Å². The van der Waals surface area contributed by atoms with E-state index in [0.29, 0.717) is 11.3 Å². The van der Waals surface area contributed by atoms with Gasteiger partial charge in [-0.15, -0.1) is 0 Å². The smallest absolute Gasteiger partial charge is 0.408 e. The molecule has 208 valence electrons. The van der Waals surface area contributed by atoms with Gasteiger partial charge in [-0.25, -0.2) is 9.59 Å². The van der Waals surface area contributed by atoms with Gasteiger partial charge in [0, 0.05) is 0 Å². The molecule has 2 atom stereocenters. The zero-order chi connectivity index (χ0) is 28.5. The number of alkyl carbamates (subject to hydrolysis) is 1. The first-order chi connectivity index (χ1) is 17.7. The highest BCUT2D eigenvalue weighted by Gasteiger charge is 2.30. The molecule has 0 bridgehead atoms. The standard InChI is InChI=1S/C26H33NO10S/c1-17-5-11-21(12-6-17)38(33,34)36-14-13-35-20-9-7-18(8-10-20)15-19(23(28)29)16-22(24(30)31)27-25(32)37-26(2,3)4/h5-12,19,22H,13-16H2,1-4H3,(H,27,32)(H,28,29)(H,30,31)/t19-,22-/m0/s1. The van der Waals surface area contributed by atoms with Crippen molar-refractivity contribution in [3.63, 3.8) is 0 Å². The number of carboxylic acids is 2. The fourth-order valence-corrected chi connectivity index (χ4v) is 4.20. The van der Waals surface area contributed by atoms with Gasteiger partial charge in [0.25, 0.3) is 10.1 Å². The molecule has 2 aromatic rings. The third-order valence-electron chi connectivity index (χ3n) is 5.16. The van der Waals surface area contributed by atoms with E-state index in [2.05, 4.69) is 5.32 Å². The molecular formula is C26H33NO10S. The molecule has 0 fully saturated rings. The van der Waals surface area contributed by atoms with Crippen LogP contribution in [0, 0.1) is 12.8 Å². The molecule has 0 aliphatic carbocycles. The quantitative estimate of drug-likeness (QED) is 0.248. The maximum absolute atomic E-state index is 12.2. The maximum atomic E-state index is 12.2. The summed E-state index contributed by atoms with van der Waals surface area (Å²) < 4.78 is 40.0. The van der Waals surface area contributed by atoms with Gasteiger partial charge in [0.15, 0.2) is 0 Å². The lowest BCUT2D eigenvalue weighted by Gasteiger charge is -2.23. The Labute approximate surface area is 221 Å². The normalized spacial score (nSPS) is 13.3. The minimum atomic E-state index is -3.90. The van der Waals surface area contributed by atoms with Crippen molar-refractivity contribution in [3.05, 3.63) is 59.7 Å². The number of carbonyl (C=O) groups is 3. The number of ether oxygens (including phenoxy) is 2. The third-order valence-corrected chi connectivity index (χ3v) is 6.49. The zero-order valence-corrected chi connectivity index (χ0v) is 22.5. The van der Waals surface area contributed by atoms with Crippen LogP contribution < -0.4 is 10.1 Å². The van der Waals surface area contributed by atoms with E-state index in [-0.39, 0.29) is 31.0 Å². The van der Waals surface area contributed by atoms with Crippen LogP contribution in [0.2, 0.25) is 0 Å². The Morgan fingerprint density at radius 2 is 1.53 bits per heavy atom. The Bertz CT molecular complexity index is 1200. The summed E-state index contributed by atoms with van der Waals surface area (Å²) in [7, 11) is -3.90. The van der Waals surface area contributed by atoms with Crippen molar-refractivity contribution >= 4 is 28.1 Å². The average molecular weight is 552 g/mol. The van der Waals surface area contributed by atoms with Crippen LogP contribution in [0.15, 0.2) is 53.4 Å². The maximum Gasteiger partial charge on any atom is 0.408 e. The van der Waals surface area contributed by atoms with Crippen molar-refractivity contribution in [2.45, 2.75) is 57.1 Å². The summed E-state index contributed by atoms with van der Waals surface area (Å²) in [5, 5.41) is 21.3. The van der Waals surface area contributed by atoms with Crippen LogP contribution in [-0.2, 0) is 35.0 Å². The number of benzene rings is 2. The molecule has 0 saturated heterocycles. The van der Waals surface area contributed by atoms with Crippen LogP contribution in [0.1, 0.15) is 38.3 Å². The Kier molecular flexibility index (Phi) is 10.7. The van der Waals surface area contributed by atoms with Gasteiger partial charge in [-0.05, 0) is 70.4 Å². The number of aliphatic carboxylic acids is 2. The number of rotatable bonds is 13. The number of hydrogen-bond acceptors (Lipinski definition) is 8. The van der Waals surface area contributed by atoms with Gasteiger partial charge in [-0.2, -0.15) is 8.42 Å². The van der Waals surface area contributed by atoms with Crippen LogP contribution in [0.5, 0.6) is 5.75 Å². The summed E-state index contributed by atoms with van der Waals surface area (Å²) >= 11 is 0. The van der Waals surface area contributed by atoms with E-state index >= 15 is 0 Å². The molecule has 38 heavy (non-hydrogen) atoms. The highest BCUT2D eigenvalue weighted by atomic mass is 32.2. The summed E-state index contributed by atoms with van der Waals surface area (Å²) in [4.78, 5) is 35.4. The fourth-order valence-electron chi connectivity index (χ4n) is 3.31. The molecule has 3 N–H and O–H groups in total. The second kappa shape index (κ2) is 13.2. The van der Waals surface area contributed by atoms with E-state index in [4.69, 9.17) is 13.7 Å². The summed E-state index contributed by atoms with van der Waals surface area (Å²) in [5.41, 5.74) is 0.680. The molecule has 0 unspecified atom stereocenters. The van der Waals surface area contributed by atoms with Crippen molar-refractivity contribution in [3.8, 4) is 5.75 Å². The molecule has 0 aliphatic rings. The Morgan fingerprint density at radius 3 is 2.05 bits per heavy atom. The number of carboxylic acid groups (broad SMARTS) is 2. The SMILES string of the molecule is Cc1ccc(S(=O)(=O)OCCOc2ccc(C[C@@H](C[C@H](NC(=O)OC(C)(C)C)C(=O)O)C(=O)O)cc2)cc1. The molecule has 0 radical (unpaired) electrons. The Balaban J connectivity index is 1.90. The Hall–Kier alpha value is -3.64. The van der Waals surface area contributed by atoms with Gasteiger partial charge < -0.3 is 25.0 Å². The van der Waals surface area contributed by atoms with Crippen molar-refractivity contribution in [2.24, 2.45) is 5.92 Å². The minimum Gasteiger partial charge on any atom is -0.491 e. The first kappa shape index (κ1) is 30.6. The molecule has 0 spiro atoms. The fraction of sp³-hybridized carbons (Fsp3) is 0.423. The number of aryl methyl sites for hydroxylation is 1. The van der Waals surface area contributed by atoms with Gasteiger partial charge in [-0.1, -0.05) is 29.8 Å². The van der Waals surface area contributed by atoms with Gasteiger partial charge in [-0.3, -0.25) is 8.98 Å². The highest BCUT2D eigenvalue weighted by Crippen LogP contribution is 2.20. The number of nitrogens with one attached hydrogen (secondary N) is 1. The summed E-state index contributed by atoms with van der Waals surface area (Å²) in [5.74, 6) is -3.28. The number of amides is 1. The van der Waals surface area contributed by atoms with Crippen molar-refractivity contribution in [2.75, 3.05) is 13.2 Å². The second-order valence-corrected chi connectivity index (χ2v) is 11.2. The monoisotopic (exact) mass is 551 g/mol. The van der Waals surface area contributed by atoms with Gasteiger partial charge in [0.1, 0.15) is 30.6 Å². The van der Waals surface area contributed by atoms with E-state index in [1.54, 1.807) is 57.2 Å². The molecule has 0 saturated carbocycles. The lowest BCUT2D eigenvalue weighted by atomic mass is 9.92. The van der Waals surface area contributed by atoms with Crippen molar-refractivity contribution < 1.29 is 46.7 Å². The lowest BCUT2D eigenvalue weighted by molar-refractivity contribution is -0.144. The highest BCUT2D eigenvalue weighted by molar-refractivity contribution is 7.86. The molecule has 12 heteroatoms. The molecule has 0 heterocycles. The van der Waals surface area contributed by atoms with Crippen LogP contribution in [0.4, 0.5) is 4.79 Å². The average Bonchev–Trinajstić information content (AvgIpc) is 2.80. The molecule has 2 rings (SSSR count). The number of hydrogen-bond donors (Lipinski definition) is 3. The molecule has 11 nitrogen and oxygen atoms in total. The first-order valence-electron chi connectivity index (χ1n) is 11.8. The van der Waals surface area contributed by atoms with Gasteiger partial charge in [0.05, 0.1) is 10.8 Å². The largest absolute Gasteiger partial charge is 0.491 e. The predicted molar refractivity (Wildman–Crippen MR) is 136 cm³/mol. The van der Waals surface area contributed by atoms with E-state index in [1.165, 1.54) is 12.1 Å². The topological polar surface area (TPSA) is 166 Å². The van der Waals surface area contributed by atoms with E-state index < -0.39 is 45.7 Å². The molecule has 0 aliphatic heterocycles. The molecule has 0 aromatic heterocycles. The lowest BCUT2D eigenvalue weighted by Crippen LogP contribution is -2.45. The third kappa shape index (κ3) is 10.4. The molecule has 2 aromatic carbocycles. The summed E-state index contributed by atoms with van der Waals surface area (Å²) in [6, 6.07) is 11.2. The van der Waals surface area contributed by atoms with Crippen LogP contribution in [-0.4, -0.2) is 61.5 Å². The second-order valence-electron chi connectivity index (χ2n) is 9.59. The predicted octanol–water partition coefficient (Wildman–Crippen LogP) is 3.39. The Morgan fingerprint density at radius 1 is 0.921 bits per heavy atom. The van der Waals surface area contributed by atoms with Crippen LogP contribution in [0.3, 0.4) is 0 Å². The first-order valence-corrected chi connectivity index (χ1v) is 13.2. The van der Waals surface area contributed by atoms with E-state index in [1.807, 2.05) is 6.92 Å². The molecule has 1 amide bonds. The van der Waals surface area contributed by atoms with Crippen molar-refractivity contribution in [1.29, 1.82) is 0 Å². The van der Waals surface area contributed by atoms with Crippen LogP contribution >= 0.6 is 0 Å². The zero-order valence-electron chi connectivity index (χ0n) is 21.7. The number of carbonyl (C=O) groups excluding carboxylic acids is 1. The summed E-state index contributed by atoms with van der Waals surface area (Å²) in [6.07, 6.45) is -1.30. The molecular weight excluding hydrogens is 518 g/mol. The van der Waals surface area contributed by atoms with Crippen molar-refractivity contribution in [1.82, 2.24) is 5.32 Å². The van der Waals surface area contributed by atoms with Gasteiger partial charge in [0.2, 0.25) is 0 Å². The van der Waals surface area contributed by atoms with E-state index in [9.17, 15) is 33.0 Å². The van der Waals surface area contributed by atoms with E-state index in [0.717, 1.165) is 5.56 Å².